The molecule has 0 heterocycles. The number of benzene rings is 2. The number of hydrogen-bond donors (Lipinski definition) is 2. The van der Waals surface area contributed by atoms with Gasteiger partial charge in [0.05, 0.1) is 0 Å². The highest BCUT2D eigenvalue weighted by Crippen LogP contribution is 2.26. The Kier molecular flexibility index (Phi) is 4.55. The zero-order chi connectivity index (χ0) is 15.4. The van der Waals surface area contributed by atoms with E-state index in [0.717, 1.165) is 0 Å². The van der Waals surface area contributed by atoms with Crippen molar-refractivity contribution in [1.29, 1.82) is 0 Å². The van der Waals surface area contributed by atoms with Gasteiger partial charge in [0, 0.05) is 17.2 Å². The molecule has 0 spiro atoms. The van der Waals surface area contributed by atoms with Gasteiger partial charge in [0.1, 0.15) is 17.7 Å². The topological polar surface area (TPSA) is 78.3 Å². The normalized spacial score (nSPS) is 13.5. The van der Waals surface area contributed by atoms with E-state index in [1.165, 1.54) is 6.07 Å². The summed E-state index contributed by atoms with van der Waals surface area (Å²) in [5.74, 6) is -0.390. The van der Waals surface area contributed by atoms with Crippen LogP contribution < -0.4 is 16.2 Å². The second-order valence-electron chi connectivity index (χ2n) is 4.81. The van der Waals surface area contributed by atoms with Crippen molar-refractivity contribution < 1.29 is 13.9 Å². The summed E-state index contributed by atoms with van der Waals surface area (Å²) in [4.78, 5) is 11.0. The Morgan fingerprint density at radius 3 is 2.29 bits per heavy atom. The van der Waals surface area contributed by atoms with Gasteiger partial charge in [0.15, 0.2) is 0 Å². The smallest absolute Gasteiger partial charge is 0.248 e. The molecular formula is C16H17FN2O2. The Morgan fingerprint density at radius 1 is 1.14 bits per heavy atom. The minimum absolute atomic E-state index is 0.367. The van der Waals surface area contributed by atoms with Crippen molar-refractivity contribution in [3.63, 3.8) is 0 Å². The number of primary amides is 1. The van der Waals surface area contributed by atoms with E-state index < -0.39 is 18.1 Å². The van der Waals surface area contributed by atoms with Crippen molar-refractivity contribution in [3.05, 3.63) is 65.5 Å². The van der Waals surface area contributed by atoms with Crippen LogP contribution in [0.3, 0.4) is 0 Å². The largest absolute Gasteiger partial charge is 0.484 e. The summed E-state index contributed by atoms with van der Waals surface area (Å²) in [5.41, 5.74) is 11.8. The maximum Gasteiger partial charge on any atom is 0.248 e. The molecule has 21 heavy (non-hydrogen) atoms. The van der Waals surface area contributed by atoms with E-state index in [9.17, 15) is 9.18 Å². The second-order valence-corrected chi connectivity index (χ2v) is 4.81. The highest BCUT2D eigenvalue weighted by atomic mass is 19.1. The van der Waals surface area contributed by atoms with E-state index >= 15 is 0 Å². The molecule has 4 nitrogen and oxygen atoms in total. The lowest BCUT2D eigenvalue weighted by atomic mass is 10.0. The minimum Gasteiger partial charge on any atom is -0.484 e. The molecule has 0 saturated heterocycles. The predicted molar refractivity (Wildman–Crippen MR) is 78.4 cm³/mol. The molecular weight excluding hydrogens is 271 g/mol. The van der Waals surface area contributed by atoms with Crippen LogP contribution in [0.1, 0.15) is 28.9 Å². The van der Waals surface area contributed by atoms with E-state index in [1.807, 2.05) is 0 Å². The molecule has 0 aliphatic rings. The molecule has 0 radical (unpaired) electrons. The van der Waals surface area contributed by atoms with Crippen molar-refractivity contribution in [2.24, 2.45) is 11.5 Å². The van der Waals surface area contributed by atoms with Gasteiger partial charge < -0.3 is 16.2 Å². The van der Waals surface area contributed by atoms with Crippen LogP contribution in [0.15, 0.2) is 48.5 Å². The van der Waals surface area contributed by atoms with Gasteiger partial charge in [-0.3, -0.25) is 4.79 Å². The minimum atomic E-state index is -0.620. The molecule has 0 aromatic heterocycles. The molecule has 0 aliphatic carbocycles. The van der Waals surface area contributed by atoms with Gasteiger partial charge in [0.2, 0.25) is 5.91 Å². The molecule has 0 bridgehead atoms. The molecule has 1 amide bonds. The zero-order valence-electron chi connectivity index (χ0n) is 11.6. The lowest BCUT2D eigenvalue weighted by Crippen LogP contribution is -2.29. The first-order valence-electron chi connectivity index (χ1n) is 6.55. The summed E-state index contributed by atoms with van der Waals surface area (Å²) in [7, 11) is 0. The van der Waals surface area contributed by atoms with Gasteiger partial charge in [0.25, 0.3) is 0 Å². The summed E-state index contributed by atoms with van der Waals surface area (Å²) in [6.45, 7) is 1.74. The first-order valence-corrected chi connectivity index (χ1v) is 6.55. The number of halogens is 1. The van der Waals surface area contributed by atoms with Gasteiger partial charge >= 0.3 is 0 Å². The van der Waals surface area contributed by atoms with E-state index in [1.54, 1.807) is 49.4 Å². The number of amides is 1. The van der Waals surface area contributed by atoms with Crippen molar-refractivity contribution in [3.8, 4) is 5.75 Å². The van der Waals surface area contributed by atoms with Crippen LogP contribution in [0.5, 0.6) is 5.75 Å². The first kappa shape index (κ1) is 15.0. The van der Waals surface area contributed by atoms with Gasteiger partial charge in [-0.1, -0.05) is 18.2 Å². The molecule has 110 valence electrons. The third-order valence-corrected chi connectivity index (χ3v) is 3.09. The van der Waals surface area contributed by atoms with Crippen LogP contribution >= 0.6 is 0 Å². The monoisotopic (exact) mass is 288 g/mol. The fraction of sp³-hybridized carbons (Fsp3) is 0.188. The number of ether oxygens (including phenoxy) is 1. The van der Waals surface area contributed by atoms with Gasteiger partial charge in [-0.15, -0.1) is 0 Å². The van der Waals surface area contributed by atoms with Crippen molar-refractivity contribution in [2.45, 2.75) is 19.1 Å². The Balaban J connectivity index is 2.25. The third kappa shape index (κ3) is 3.58. The number of carbonyl (C=O) groups is 1. The number of rotatable bonds is 5. The maximum atomic E-state index is 13.9. The van der Waals surface area contributed by atoms with E-state index in [-0.39, 0.29) is 5.82 Å². The van der Waals surface area contributed by atoms with Crippen LogP contribution in [0.4, 0.5) is 4.39 Å². The van der Waals surface area contributed by atoms with Crippen LogP contribution in [0.2, 0.25) is 0 Å². The zero-order valence-corrected chi connectivity index (χ0v) is 11.6. The Hall–Kier alpha value is -2.40. The van der Waals surface area contributed by atoms with Crippen LogP contribution in [-0.4, -0.2) is 11.9 Å². The quantitative estimate of drug-likeness (QED) is 0.886. The van der Waals surface area contributed by atoms with Gasteiger partial charge in [-0.25, -0.2) is 4.39 Å². The highest BCUT2D eigenvalue weighted by Gasteiger charge is 2.21. The molecule has 5 heteroatoms. The van der Waals surface area contributed by atoms with Crippen LogP contribution in [-0.2, 0) is 0 Å². The summed E-state index contributed by atoms with van der Waals surface area (Å²) >= 11 is 0. The Labute approximate surface area is 122 Å². The predicted octanol–water partition coefficient (Wildman–Crippen LogP) is 2.39. The summed E-state index contributed by atoms with van der Waals surface area (Å²) < 4.78 is 19.6. The lowest BCUT2D eigenvalue weighted by molar-refractivity contribution is 0.1000. The number of carbonyl (C=O) groups excluding carboxylic acids is 1. The number of hydrogen-bond acceptors (Lipinski definition) is 3. The van der Waals surface area contributed by atoms with E-state index in [2.05, 4.69) is 0 Å². The second kappa shape index (κ2) is 6.37. The Morgan fingerprint density at radius 2 is 1.76 bits per heavy atom. The molecule has 2 aromatic carbocycles. The fourth-order valence-corrected chi connectivity index (χ4v) is 2.00. The molecule has 0 fully saturated rings. The van der Waals surface area contributed by atoms with Crippen molar-refractivity contribution in [1.82, 2.24) is 0 Å². The first-order chi connectivity index (χ1) is 9.99. The van der Waals surface area contributed by atoms with Crippen molar-refractivity contribution in [2.75, 3.05) is 0 Å². The number of nitrogens with two attached hydrogens (primary N) is 2. The van der Waals surface area contributed by atoms with Gasteiger partial charge in [-0.2, -0.15) is 0 Å². The molecule has 0 saturated carbocycles. The van der Waals surface area contributed by atoms with E-state index in [4.69, 9.17) is 16.2 Å². The van der Waals surface area contributed by atoms with Gasteiger partial charge in [-0.05, 0) is 37.3 Å². The summed E-state index contributed by atoms with van der Waals surface area (Å²) in [6.07, 6.45) is -0.620. The SMILES string of the molecule is CC(N)C(Oc1ccc(C(N)=O)cc1)c1ccccc1F. The molecule has 2 unspecified atom stereocenters. The summed E-state index contributed by atoms with van der Waals surface area (Å²) in [5, 5.41) is 0. The molecule has 2 rings (SSSR count). The summed E-state index contributed by atoms with van der Waals surface area (Å²) in [6, 6.07) is 12.3. The molecule has 4 N–H and O–H groups in total. The molecule has 2 atom stereocenters. The average Bonchev–Trinajstić information content (AvgIpc) is 2.46. The van der Waals surface area contributed by atoms with Crippen LogP contribution in [0, 0.1) is 5.82 Å². The molecule has 0 aliphatic heterocycles. The lowest BCUT2D eigenvalue weighted by Gasteiger charge is -2.23. The van der Waals surface area contributed by atoms with E-state index in [0.29, 0.717) is 16.9 Å². The third-order valence-electron chi connectivity index (χ3n) is 3.09. The average molecular weight is 288 g/mol. The van der Waals surface area contributed by atoms with Crippen molar-refractivity contribution >= 4 is 5.91 Å². The van der Waals surface area contributed by atoms with Crippen LogP contribution in [0.25, 0.3) is 0 Å². The molecule has 2 aromatic rings. The standard InChI is InChI=1S/C16H17FN2O2/c1-10(18)15(13-4-2-3-5-14(13)17)21-12-8-6-11(7-9-12)16(19)20/h2-10,15H,18H2,1H3,(H2,19,20). The maximum absolute atomic E-state index is 13.9. The Bertz CT molecular complexity index is 626. The highest BCUT2D eigenvalue weighted by molar-refractivity contribution is 5.92. The fourth-order valence-electron chi connectivity index (χ4n) is 2.00.